The first-order valence-electron chi connectivity index (χ1n) is 9.34. The van der Waals surface area contributed by atoms with Crippen LogP contribution in [0.15, 0.2) is 30.3 Å². The number of hydrogen-bond acceptors (Lipinski definition) is 5. The maximum atomic E-state index is 10.7. The van der Waals surface area contributed by atoms with Crippen molar-refractivity contribution < 1.29 is 24.1 Å². The molecule has 0 spiro atoms. The van der Waals surface area contributed by atoms with E-state index < -0.39 is 32.9 Å². The summed E-state index contributed by atoms with van der Waals surface area (Å²) in [5.41, 5.74) is 1.05. The Bertz CT molecular complexity index is 557. The normalized spacial score (nSPS) is 30.4. The third kappa shape index (κ3) is 4.94. The Labute approximate surface area is 158 Å². The van der Waals surface area contributed by atoms with Crippen molar-refractivity contribution in [2.75, 3.05) is 6.61 Å². The lowest BCUT2D eigenvalue weighted by molar-refractivity contribution is -0.283. The molecule has 1 aliphatic rings. The third-order valence-electron chi connectivity index (χ3n) is 5.65. The van der Waals surface area contributed by atoms with Gasteiger partial charge in [0, 0.05) is 5.92 Å². The lowest BCUT2D eigenvalue weighted by Crippen LogP contribution is -2.60. The number of aliphatic hydroxyl groups excluding tert-OH is 2. The van der Waals surface area contributed by atoms with Crippen molar-refractivity contribution in [2.24, 2.45) is 5.92 Å². The minimum atomic E-state index is -2.09. The van der Waals surface area contributed by atoms with E-state index in [2.05, 4.69) is 33.9 Å². The van der Waals surface area contributed by atoms with Gasteiger partial charge in [0.15, 0.2) is 14.6 Å². The van der Waals surface area contributed by atoms with Crippen molar-refractivity contribution in [1.82, 2.24) is 0 Å². The molecule has 2 N–H and O–H groups in total. The van der Waals surface area contributed by atoms with E-state index >= 15 is 0 Å². The highest BCUT2D eigenvalue weighted by Gasteiger charge is 2.48. The van der Waals surface area contributed by atoms with Gasteiger partial charge in [-0.25, -0.2) is 0 Å². The average molecular weight is 383 g/mol. The van der Waals surface area contributed by atoms with Gasteiger partial charge in [0.2, 0.25) is 0 Å². The van der Waals surface area contributed by atoms with Crippen LogP contribution in [0.5, 0.6) is 0 Å². The molecule has 1 aromatic carbocycles. The van der Waals surface area contributed by atoms with Crippen molar-refractivity contribution >= 4 is 8.32 Å². The number of rotatable bonds is 6. The quantitative estimate of drug-likeness (QED) is 0.739. The summed E-state index contributed by atoms with van der Waals surface area (Å²) in [5, 5.41) is 20.4. The predicted octanol–water partition coefficient (Wildman–Crippen LogP) is 3.31. The van der Waals surface area contributed by atoms with Crippen LogP contribution in [0.1, 0.15) is 33.3 Å². The summed E-state index contributed by atoms with van der Waals surface area (Å²) in [6.07, 6.45) is -2.55. The van der Waals surface area contributed by atoms with Crippen molar-refractivity contribution in [3.63, 3.8) is 0 Å². The monoisotopic (exact) mass is 382 g/mol. The van der Waals surface area contributed by atoms with Crippen molar-refractivity contribution in [3.05, 3.63) is 35.9 Å². The van der Waals surface area contributed by atoms with E-state index in [0.717, 1.165) is 5.56 Å². The average Bonchev–Trinajstić information content (AvgIpc) is 2.58. The zero-order valence-corrected chi connectivity index (χ0v) is 17.8. The van der Waals surface area contributed by atoms with Gasteiger partial charge < -0.3 is 24.1 Å². The van der Waals surface area contributed by atoms with Gasteiger partial charge in [-0.2, -0.15) is 0 Å². The van der Waals surface area contributed by atoms with Crippen LogP contribution >= 0.6 is 0 Å². The lowest BCUT2D eigenvalue weighted by atomic mass is 9.92. The molecule has 0 aromatic heterocycles. The molecule has 5 atom stereocenters. The number of aliphatic hydroxyl groups is 2. The molecule has 1 heterocycles. The van der Waals surface area contributed by atoms with Crippen LogP contribution in [0.25, 0.3) is 0 Å². The van der Waals surface area contributed by atoms with E-state index in [0.29, 0.717) is 6.61 Å². The SMILES string of the molecule is CC1[C@H](OCc2ccccc2)OC(CO)[C@@H](O)[C@@H]1O[Si](C)(C)C(C)(C)C. The third-order valence-corrected chi connectivity index (χ3v) is 10.1. The Hall–Kier alpha value is -0.763. The van der Waals surface area contributed by atoms with E-state index in [9.17, 15) is 10.2 Å². The van der Waals surface area contributed by atoms with Crippen LogP contribution in [0.2, 0.25) is 18.1 Å². The fraction of sp³-hybridized carbons (Fsp3) is 0.700. The lowest BCUT2D eigenvalue weighted by Gasteiger charge is -2.48. The summed E-state index contributed by atoms with van der Waals surface area (Å²) in [4.78, 5) is 0. The molecule has 0 radical (unpaired) electrons. The Morgan fingerprint density at radius 2 is 1.77 bits per heavy atom. The molecule has 0 bridgehead atoms. The smallest absolute Gasteiger partial charge is 0.192 e. The van der Waals surface area contributed by atoms with E-state index in [-0.39, 0.29) is 17.6 Å². The fourth-order valence-corrected chi connectivity index (χ4v) is 4.23. The van der Waals surface area contributed by atoms with E-state index in [1.165, 1.54) is 0 Å². The molecule has 6 heteroatoms. The highest BCUT2D eigenvalue weighted by Crippen LogP contribution is 2.40. The second-order valence-electron chi connectivity index (χ2n) is 8.71. The minimum absolute atomic E-state index is 0.0276. The highest BCUT2D eigenvalue weighted by atomic mass is 28.4. The second kappa shape index (κ2) is 8.50. The Morgan fingerprint density at radius 3 is 2.31 bits per heavy atom. The maximum absolute atomic E-state index is 10.7. The van der Waals surface area contributed by atoms with Crippen molar-refractivity contribution in [3.8, 4) is 0 Å². The van der Waals surface area contributed by atoms with Gasteiger partial charge >= 0.3 is 0 Å². The van der Waals surface area contributed by atoms with Crippen LogP contribution in [0.3, 0.4) is 0 Å². The maximum Gasteiger partial charge on any atom is 0.192 e. The Kier molecular flexibility index (Phi) is 7.04. The summed E-state index contributed by atoms with van der Waals surface area (Å²) in [6.45, 7) is 13.0. The Morgan fingerprint density at radius 1 is 1.15 bits per heavy atom. The molecule has 2 unspecified atom stereocenters. The standard InChI is InChI=1S/C20H34O5Si/c1-14-18(25-26(5,6)20(2,3)4)17(22)16(12-21)24-19(14)23-13-15-10-8-7-9-11-15/h7-11,14,16-19,21-22H,12-13H2,1-6H3/t14?,16?,17-,18-,19-/m1/s1. The van der Waals surface area contributed by atoms with E-state index in [1.807, 2.05) is 37.3 Å². The van der Waals surface area contributed by atoms with Crippen LogP contribution in [-0.2, 0) is 20.5 Å². The largest absolute Gasteiger partial charge is 0.411 e. The second-order valence-corrected chi connectivity index (χ2v) is 13.5. The van der Waals surface area contributed by atoms with Crippen LogP contribution < -0.4 is 0 Å². The van der Waals surface area contributed by atoms with Crippen LogP contribution in [0.4, 0.5) is 0 Å². The number of ether oxygens (including phenoxy) is 2. The molecular weight excluding hydrogens is 348 g/mol. The van der Waals surface area contributed by atoms with Gasteiger partial charge in [0.25, 0.3) is 0 Å². The number of hydrogen-bond donors (Lipinski definition) is 2. The molecule has 5 nitrogen and oxygen atoms in total. The van der Waals surface area contributed by atoms with Gasteiger partial charge in [-0.05, 0) is 23.7 Å². The highest BCUT2D eigenvalue weighted by molar-refractivity contribution is 6.74. The molecule has 0 saturated carbocycles. The number of benzene rings is 1. The first kappa shape index (κ1) is 21.5. The van der Waals surface area contributed by atoms with Crippen molar-refractivity contribution in [1.29, 1.82) is 0 Å². The van der Waals surface area contributed by atoms with Gasteiger partial charge in [-0.1, -0.05) is 58.0 Å². The van der Waals surface area contributed by atoms with Crippen LogP contribution in [-0.4, -0.2) is 49.7 Å². The molecule has 148 valence electrons. The summed E-state index contributed by atoms with van der Waals surface area (Å²) in [5.74, 6) is -0.148. The summed E-state index contributed by atoms with van der Waals surface area (Å²) in [7, 11) is -2.09. The molecule has 26 heavy (non-hydrogen) atoms. The van der Waals surface area contributed by atoms with Crippen LogP contribution in [0, 0.1) is 5.92 Å². The molecule has 1 aliphatic heterocycles. The van der Waals surface area contributed by atoms with Gasteiger partial charge in [0.05, 0.1) is 19.3 Å². The minimum Gasteiger partial charge on any atom is -0.411 e. The molecule has 1 fully saturated rings. The fourth-order valence-electron chi connectivity index (χ4n) is 2.84. The summed E-state index contributed by atoms with van der Waals surface area (Å²) < 4.78 is 18.3. The van der Waals surface area contributed by atoms with Gasteiger partial charge in [-0.3, -0.25) is 0 Å². The Balaban J connectivity index is 2.13. The van der Waals surface area contributed by atoms with E-state index in [1.54, 1.807) is 0 Å². The topological polar surface area (TPSA) is 68.2 Å². The molecule has 0 aliphatic carbocycles. The molecular formula is C20H34O5Si. The molecule has 0 amide bonds. The zero-order valence-electron chi connectivity index (χ0n) is 16.8. The van der Waals surface area contributed by atoms with Crippen molar-refractivity contribution in [2.45, 2.75) is 77.0 Å². The van der Waals surface area contributed by atoms with E-state index in [4.69, 9.17) is 13.9 Å². The first-order chi connectivity index (χ1) is 12.1. The first-order valence-corrected chi connectivity index (χ1v) is 12.3. The predicted molar refractivity (Wildman–Crippen MR) is 104 cm³/mol. The van der Waals surface area contributed by atoms with Gasteiger partial charge in [0.1, 0.15) is 12.2 Å². The summed E-state index contributed by atoms with van der Waals surface area (Å²) in [6, 6.07) is 9.89. The molecule has 2 rings (SSSR count). The summed E-state index contributed by atoms with van der Waals surface area (Å²) >= 11 is 0. The zero-order chi connectivity index (χ0) is 19.5. The van der Waals surface area contributed by atoms with Gasteiger partial charge in [-0.15, -0.1) is 0 Å². The molecule has 1 saturated heterocycles. The molecule has 1 aromatic rings.